The van der Waals surface area contributed by atoms with E-state index in [9.17, 15) is 0 Å². The molecular formula is C13H20ClN. The largest absolute Gasteiger partial charge is 0.303 e. The molecule has 0 saturated carbocycles. The second-order valence-electron chi connectivity index (χ2n) is 3.91. The summed E-state index contributed by atoms with van der Waals surface area (Å²) in [6.07, 6.45) is 0. The normalized spacial score (nSPS) is 13.1. The maximum atomic E-state index is 6.17. The zero-order valence-electron chi connectivity index (χ0n) is 9.83. The number of rotatable bonds is 5. The number of nitrogens with zero attached hydrogens (tertiary/aromatic N) is 1. The van der Waals surface area contributed by atoms with Gasteiger partial charge in [0.15, 0.2) is 0 Å². The number of hydrogen-bond acceptors (Lipinski definition) is 1. The molecule has 1 aromatic carbocycles. The predicted molar refractivity (Wildman–Crippen MR) is 67.7 cm³/mol. The summed E-state index contributed by atoms with van der Waals surface area (Å²) in [5, 5.41) is 0.886. The zero-order valence-corrected chi connectivity index (χ0v) is 10.6. The van der Waals surface area contributed by atoms with Crippen molar-refractivity contribution in [2.75, 3.05) is 19.6 Å². The molecule has 0 fully saturated rings. The van der Waals surface area contributed by atoms with Crippen molar-refractivity contribution in [3.63, 3.8) is 0 Å². The third kappa shape index (κ3) is 3.51. The van der Waals surface area contributed by atoms with E-state index in [1.165, 1.54) is 5.56 Å². The van der Waals surface area contributed by atoms with Gasteiger partial charge in [-0.1, -0.05) is 50.6 Å². The van der Waals surface area contributed by atoms with Gasteiger partial charge in [0, 0.05) is 11.6 Å². The molecule has 2 heteroatoms. The van der Waals surface area contributed by atoms with Crippen LogP contribution in [0, 0.1) is 0 Å². The Balaban J connectivity index is 2.68. The van der Waals surface area contributed by atoms with Gasteiger partial charge < -0.3 is 4.90 Å². The number of hydrogen-bond donors (Lipinski definition) is 0. The first-order valence-electron chi connectivity index (χ1n) is 5.65. The van der Waals surface area contributed by atoms with Gasteiger partial charge >= 0.3 is 0 Å². The van der Waals surface area contributed by atoms with E-state index in [4.69, 9.17) is 11.6 Å². The minimum absolute atomic E-state index is 0.499. The van der Waals surface area contributed by atoms with E-state index in [-0.39, 0.29) is 0 Å². The Morgan fingerprint density at radius 1 is 1.20 bits per heavy atom. The third-order valence-corrected chi connectivity index (χ3v) is 3.21. The average molecular weight is 226 g/mol. The molecule has 1 rings (SSSR count). The fourth-order valence-corrected chi connectivity index (χ4v) is 2.16. The van der Waals surface area contributed by atoms with E-state index in [1.807, 2.05) is 12.1 Å². The van der Waals surface area contributed by atoms with Gasteiger partial charge in [0.25, 0.3) is 0 Å². The summed E-state index contributed by atoms with van der Waals surface area (Å²) in [4.78, 5) is 2.42. The molecule has 0 spiro atoms. The van der Waals surface area contributed by atoms with Gasteiger partial charge in [-0.15, -0.1) is 0 Å². The van der Waals surface area contributed by atoms with Gasteiger partial charge in [-0.3, -0.25) is 0 Å². The maximum Gasteiger partial charge on any atom is 0.0441 e. The zero-order chi connectivity index (χ0) is 11.3. The quantitative estimate of drug-likeness (QED) is 0.737. The molecule has 0 aliphatic rings. The van der Waals surface area contributed by atoms with Gasteiger partial charge in [-0.25, -0.2) is 0 Å². The lowest BCUT2D eigenvalue weighted by Crippen LogP contribution is -2.27. The van der Waals surface area contributed by atoms with Crippen LogP contribution < -0.4 is 0 Å². The van der Waals surface area contributed by atoms with Crippen molar-refractivity contribution in [1.82, 2.24) is 4.90 Å². The van der Waals surface area contributed by atoms with E-state index in [2.05, 4.69) is 37.8 Å². The van der Waals surface area contributed by atoms with Crippen LogP contribution >= 0.6 is 11.6 Å². The van der Waals surface area contributed by atoms with E-state index in [0.29, 0.717) is 5.92 Å². The van der Waals surface area contributed by atoms with Gasteiger partial charge in [0.2, 0.25) is 0 Å². The van der Waals surface area contributed by atoms with E-state index in [0.717, 1.165) is 24.7 Å². The van der Waals surface area contributed by atoms with Crippen molar-refractivity contribution in [1.29, 1.82) is 0 Å². The Hall–Kier alpha value is -0.530. The van der Waals surface area contributed by atoms with Crippen LogP contribution in [0.3, 0.4) is 0 Å². The van der Waals surface area contributed by atoms with Crippen LogP contribution in [0.4, 0.5) is 0 Å². The van der Waals surface area contributed by atoms with E-state index in [1.54, 1.807) is 0 Å². The molecule has 1 aromatic rings. The topological polar surface area (TPSA) is 3.24 Å². The molecule has 0 N–H and O–H groups in total. The molecule has 0 radical (unpaired) electrons. The lowest BCUT2D eigenvalue weighted by molar-refractivity contribution is 0.288. The lowest BCUT2D eigenvalue weighted by atomic mass is 10.0. The molecule has 0 amide bonds. The molecule has 0 bridgehead atoms. The highest BCUT2D eigenvalue weighted by atomic mass is 35.5. The average Bonchev–Trinajstić information content (AvgIpc) is 2.26. The van der Waals surface area contributed by atoms with Crippen LogP contribution in [0.25, 0.3) is 0 Å². The predicted octanol–water partition coefficient (Wildman–Crippen LogP) is 3.79. The van der Waals surface area contributed by atoms with Crippen molar-refractivity contribution in [3.05, 3.63) is 34.9 Å². The Morgan fingerprint density at radius 3 is 2.33 bits per heavy atom. The van der Waals surface area contributed by atoms with Crippen LogP contribution in [-0.4, -0.2) is 24.5 Å². The minimum atomic E-state index is 0.499. The maximum absolute atomic E-state index is 6.17. The molecule has 0 aliphatic heterocycles. The molecule has 1 unspecified atom stereocenters. The molecular weight excluding hydrogens is 206 g/mol. The summed E-state index contributed by atoms with van der Waals surface area (Å²) in [6, 6.07) is 8.13. The molecule has 0 saturated heterocycles. The second kappa shape index (κ2) is 6.14. The monoisotopic (exact) mass is 225 g/mol. The SMILES string of the molecule is CCN(CC)CC(C)c1ccccc1Cl. The molecule has 0 aromatic heterocycles. The van der Waals surface area contributed by atoms with Crippen molar-refractivity contribution in [3.8, 4) is 0 Å². The fourth-order valence-electron chi connectivity index (χ4n) is 1.84. The Labute approximate surface area is 98.0 Å². The first-order valence-corrected chi connectivity index (χ1v) is 6.03. The number of likely N-dealkylation sites (N-methyl/N-ethyl adjacent to an activating group) is 1. The van der Waals surface area contributed by atoms with Crippen LogP contribution in [0.5, 0.6) is 0 Å². The standard InChI is InChI=1S/C13H20ClN/c1-4-15(5-2)10-11(3)12-8-6-7-9-13(12)14/h6-9,11H,4-5,10H2,1-3H3. The molecule has 0 heterocycles. The fraction of sp³-hybridized carbons (Fsp3) is 0.538. The van der Waals surface area contributed by atoms with Crippen molar-refractivity contribution in [2.45, 2.75) is 26.7 Å². The smallest absolute Gasteiger partial charge is 0.0441 e. The van der Waals surface area contributed by atoms with E-state index < -0.39 is 0 Å². The summed E-state index contributed by atoms with van der Waals surface area (Å²) in [5.74, 6) is 0.499. The first-order chi connectivity index (χ1) is 7.19. The number of benzene rings is 1. The third-order valence-electron chi connectivity index (χ3n) is 2.86. The number of halogens is 1. The minimum Gasteiger partial charge on any atom is -0.303 e. The molecule has 1 atom stereocenters. The van der Waals surface area contributed by atoms with E-state index >= 15 is 0 Å². The van der Waals surface area contributed by atoms with Crippen LogP contribution in [0.1, 0.15) is 32.3 Å². The Bertz CT molecular complexity index is 294. The molecule has 84 valence electrons. The van der Waals surface area contributed by atoms with Crippen LogP contribution in [0.15, 0.2) is 24.3 Å². The molecule has 15 heavy (non-hydrogen) atoms. The molecule has 1 nitrogen and oxygen atoms in total. The highest BCUT2D eigenvalue weighted by molar-refractivity contribution is 6.31. The second-order valence-corrected chi connectivity index (χ2v) is 4.32. The van der Waals surface area contributed by atoms with Gasteiger partial charge in [-0.05, 0) is 30.6 Å². The summed E-state index contributed by atoms with van der Waals surface area (Å²) in [5.41, 5.74) is 1.26. The lowest BCUT2D eigenvalue weighted by Gasteiger charge is -2.23. The van der Waals surface area contributed by atoms with Crippen molar-refractivity contribution in [2.24, 2.45) is 0 Å². The first kappa shape index (κ1) is 12.5. The van der Waals surface area contributed by atoms with Crippen LogP contribution in [-0.2, 0) is 0 Å². The highest BCUT2D eigenvalue weighted by Crippen LogP contribution is 2.24. The van der Waals surface area contributed by atoms with Gasteiger partial charge in [0.1, 0.15) is 0 Å². The van der Waals surface area contributed by atoms with Crippen molar-refractivity contribution < 1.29 is 0 Å². The Kier molecular flexibility index (Phi) is 5.13. The van der Waals surface area contributed by atoms with Crippen molar-refractivity contribution >= 4 is 11.6 Å². The summed E-state index contributed by atoms with van der Waals surface area (Å²) in [7, 11) is 0. The highest BCUT2D eigenvalue weighted by Gasteiger charge is 2.11. The molecule has 0 aliphatic carbocycles. The summed E-state index contributed by atoms with van der Waals surface area (Å²) >= 11 is 6.17. The van der Waals surface area contributed by atoms with Gasteiger partial charge in [-0.2, -0.15) is 0 Å². The summed E-state index contributed by atoms with van der Waals surface area (Å²) < 4.78 is 0. The van der Waals surface area contributed by atoms with Gasteiger partial charge in [0.05, 0.1) is 0 Å². The van der Waals surface area contributed by atoms with Crippen LogP contribution in [0.2, 0.25) is 5.02 Å². The Morgan fingerprint density at radius 2 is 1.80 bits per heavy atom. The summed E-state index contributed by atoms with van der Waals surface area (Å²) in [6.45, 7) is 9.92.